The maximum Gasteiger partial charge on any atom is 0.243 e. The van der Waals surface area contributed by atoms with Crippen LogP contribution in [0.15, 0.2) is 48.5 Å². The van der Waals surface area contributed by atoms with E-state index in [9.17, 15) is 22.4 Å². The van der Waals surface area contributed by atoms with Gasteiger partial charge in [0, 0.05) is 31.6 Å². The zero-order valence-electron chi connectivity index (χ0n) is 19.2. The molecule has 0 radical (unpaired) electrons. The summed E-state index contributed by atoms with van der Waals surface area (Å²) in [6.07, 6.45) is 2.06. The minimum absolute atomic E-state index is 0.000131. The third-order valence-corrected chi connectivity index (χ3v) is 7.91. The lowest BCUT2D eigenvalue weighted by Crippen LogP contribution is -2.42. The predicted octanol–water partition coefficient (Wildman–Crippen LogP) is 4.18. The van der Waals surface area contributed by atoms with Crippen LogP contribution in [0.4, 0.5) is 4.39 Å². The van der Waals surface area contributed by atoms with E-state index in [1.54, 1.807) is 43.0 Å². The number of halogens is 1. The van der Waals surface area contributed by atoms with Crippen molar-refractivity contribution in [2.45, 2.75) is 45.4 Å². The van der Waals surface area contributed by atoms with Crippen LogP contribution >= 0.6 is 0 Å². The molecular formula is C25H31FN2O4S. The van der Waals surface area contributed by atoms with Crippen LogP contribution in [0.5, 0.6) is 0 Å². The highest BCUT2D eigenvalue weighted by Crippen LogP contribution is 2.28. The molecule has 1 aliphatic heterocycles. The number of sulfonamides is 1. The summed E-state index contributed by atoms with van der Waals surface area (Å²) in [4.78, 5) is 26.8. The van der Waals surface area contributed by atoms with Gasteiger partial charge in [0.25, 0.3) is 0 Å². The SMILES string of the molecule is CCCS(=O)(=O)N(CCCN1CCCC1=O)C(=O)C(C)c1ccc(-c2ccccc2)c(F)c1. The smallest absolute Gasteiger partial charge is 0.243 e. The molecule has 1 fully saturated rings. The van der Waals surface area contributed by atoms with Crippen molar-refractivity contribution in [1.29, 1.82) is 0 Å². The van der Waals surface area contributed by atoms with Gasteiger partial charge in [-0.25, -0.2) is 17.1 Å². The molecule has 8 heteroatoms. The van der Waals surface area contributed by atoms with Crippen molar-refractivity contribution in [1.82, 2.24) is 9.21 Å². The van der Waals surface area contributed by atoms with Crippen molar-refractivity contribution in [2.75, 3.05) is 25.4 Å². The van der Waals surface area contributed by atoms with Crippen LogP contribution in [0.2, 0.25) is 0 Å². The first-order valence-electron chi connectivity index (χ1n) is 11.4. The van der Waals surface area contributed by atoms with Gasteiger partial charge in [-0.05, 0) is 43.4 Å². The molecule has 0 bridgehead atoms. The van der Waals surface area contributed by atoms with E-state index in [1.165, 1.54) is 6.07 Å². The third-order valence-electron chi connectivity index (χ3n) is 5.95. The lowest BCUT2D eigenvalue weighted by atomic mass is 9.96. The number of hydrogen-bond donors (Lipinski definition) is 0. The molecule has 1 saturated heterocycles. The average molecular weight is 475 g/mol. The minimum atomic E-state index is -3.81. The number of amides is 2. The Morgan fingerprint density at radius 2 is 1.91 bits per heavy atom. The normalized spacial score (nSPS) is 15.0. The van der Waals surface area contributed by atoms with E-state index in [2.05, 4.69) is 0 Å². The van der Waals surface area contributed by atoms with Crippen molar-refractivity contribution < 1.29 is 22.4 Å². The Hall–Kier alpha value is -2.74. The predicted molar refractivity (Wildman–Crippen MR) is 126 cm³/mol. The summed E-state index contributed by atoms with van der Waals surface area (Å²) in [7, 11) is -3.81. The van der Waals surface area contributed by atoms with Crippen LogP contribution in [0, 0.1) is 5.82 Å². The van der Waals surface area contributed by atoms with Crippen molar-refractivity contribution in [3.63, 3.8) is 0 Å². The maximum atomic E-state index is 14.8. The summed E-state index contributed by atoms with van der Waals surface area (Å²) < 4.78 is 41.5. The summed E-state index contributed by atoms with van der Waals surface area (Å²) in [5.74, 6) is -1.96. The summed E-state index contributed by atoms with van der Waals surface area (Å²) in [6.45, 7) is 4.42. The molecule has 0 N–H and O–H groups in total. The van der Waals surface area contributed by atoms with Gasteiger partial charge in [0.1, 0.15) is 5.82 Å². The lowest BCUT2D eigenvalue weighted by molar-refractivity contribution is -0.128. The van der Waals surface area contributed by atoms with Gasteiger partial charge in [0.05, 0.1) is 11.7 Å². The molecule has 178 valence electrons. The summed E-state index contributed by atoms with van der Waals surface area (Å²) >= 11 is 0. The van der Waals surface area contributed by atoms with Gasteiger partial charge in [-0.3, -0.25) is 9.59 Å². The highest BCUT2D eigenvalue weighted by Gasteiger charge is 2.31. The molecule has 1 atom stereocenters. The second-order valence-corrected chi connectivity index (χ2v) is 10.4. The average Bonchev–Trinajstić information content (AvgIpc) is 3.20. The molecule has 6 nitrogen and oxygen atoms in total. The molecule has 2 aromatic rings. The molecule has 33 heavy (non-hydrogen) atoms. The van der Waals surface area contributed by atoms with E-state index in [1.807, 2.05) is 18.2 Å². The molecule has 1 heterocycles. The van der Waals surface area contributed by atoms with Gasteiger partial charge in [0.2, 0.25) is 21.8 Å². The quantitative estimate of drug-likeness (QED) is 0.518. The Balaban J connectivity index is 1.78. The van der Waals surface area contributed by atoms with Crippen LogP contribution in [-0.4, -0.2) is 54.8 Å². The molecule has 3 rings (SSSR count). The second-order valence-electron chi connectivity index (χ2n) is 8.39. The third kappa shape index (κ3) is 5.99. The molecule has 0 saturated carbocycles. The Labute approximate surface area is 195 Å². The number of carbonyl (C=O) groups is 2. The Morgan fingerprint density at radius 3 is 2.52 bits per heavy atom. The molecule has 0 aromatic heterocycles. The Morgan fingerprint density at radius 1 is 1.18 bits per heavy atom. The first-order chi connectivity index (χ1) is 15.7. The first-order valence-corrected chi connectivity index (χ1v) is 13.0. The number of hydrogen-bond acceptors (Lipinski definition) is 4. The van der Waals surface area contributed by atoms with Gasteiger partial charge < -0.3 is 4.90 Å². The fraction of sp³-hybridized carbons (Fsp3) is 0.440. The molecule has 0 aliphatic carbocycles. The van der Waals surface area contributed by atoms with Crippen molar-refractivity contribution in [3.05, 3.63) is 59.9 Å². The van der Waals surface area contributed by atoms with Gasteiger partial charge in [0.15, 0.2) is 0 Å². The van der Waals surface area contributed by atoms with E-state index in [4.69, 9.17) is 0 Å². The van der Waals surface area contributed by atoms with E-state index in [-0.39, 0.29) is 18.2 Å². The van der Waals surface area contributed by atoms with Gasteiger partial charge in [-0.2, -0.15) is 0 Å². The van der Waals surface area contributed by atoms with Crippen LogP contribution in [0.1, 0.15) is 51.0 Å². The fourth-order valence-electron chi connectivity index (χ4n) is 4.11. The van der Waals surface area contributed by atoms with Crippen LogP contribution in [0.25, 0.3) is 11.1 Å². The van der Waals surface area contributed by atoms with Gasteiger partial charge in [-0.1, -0.05) is 49.4 Å². The number of nitrogens with zero attached hydrogens (tertiary/aromatic N) is 2. The van der Waals surface area contributed by atoms with Gasteiger partial charge in [-0.15, -0.1) is 0 Å². The molecule has 1 aliphatic rings. The highest BCUT2D eigenvalue weighted by atomic mass is 32.2. The zero-order valence-corrected chi connectivity index (χ0v) is 20.0. The van der Waals surface area contributed by atoms with Gasteiger partial charge >= 0.3 is 0 Å². The van der Waals surface area contributed by atoms with E-state index in [0.717, 1.165) is 16.3 Å². The number of benzene rings is 2. The molecule has 1 unspecified atom stereocenters. The van der Waals surface area contributed by atoms with Crippen LogP contribution in [0.3, 0.4) is 0 Å². The van der Waals surface area contributed by atoms with E-state index in [0.29, 0.717) is 43.5 Å². The van der Waals surface area contributed by atoms with Crippen LogP contribution in [-0.2, 0) is 19.6 Å². The summed E-state index contributed by atoms with van der Waals surface area (Å²) in [6, 6.07) is 13.7. The molecule has 0 spiro atoms. The van der Waals surface area contributed by atoms with Crippen molar-refractivity contribution >= 4 is 21.8 Å². The lowest BCUT2D eigenvalue weighted by Gasteiger charge is -2.26. The largest absolute Gasteiger partial charge is 0.343 e. The van der Waals surface area contributed by atoms with Crippen molar-refractivity contribution in [2.24, 2.45) is 0 Å². The fourth-order valence-corrected chi connectivity index (χ4v) is 5.69. The monoisotopic (exact) mass is 474 g/mol. The number of rotatable bonds is 10. The topological polar surface area (TPSA) is 74.8 Å². The zero-order chi connectivity index (χ0) is 24.0. The highest BCUT2D eigenvalue weighted by molar-refractivity contribution is 7.89. The number of likely N-dealkylation sites (tertiary alicyclic amines) is 1. The summed E-state index contributed by atoms with van der Waals surface area (Å²) in [5.41, 5.74) is 1.57. The molecule has 2 amide bonds. The first kappa shape index (κ1) is 24.9. The molecule has 2 aromatic carbocycles. The maximum absolute atomic E-state index is 14.8. The standard InChI is InChI=1S/C25H31FN2O4S/c1-3-17-33(31,32)28(16-8-15-27-14-7-11-24(27)29)25(30)19(2)21-12-13-22(23(26)18-21)20-9-5-4-6-10-20/h4-6,9-10,12-13,18-19H,3,7-8,11,14-17H2,1-2H3. The second kappa shape index (κ2) is 10.9. The van der Waals surface area contributed by atoms with Crippen molar-refractivity contribution in [3.8, 4) is 11.1 Å². The van der Waals surface area contributed by atoms with E-state index < -0.39 is 27.7 Å². The number of carbonyl (C=O) groups excluding carboxylic acids is 2. The van der Waals surface area contributed by atoms with Crippen LogP contribution < -0.4 is 0 Å². The summed E-state index contributed by atoms with van der Waals surface area (Å²) in [5, 5.41) is 0. The Bertz CT molecular complexity index is 1090. The minimum Gasteiger partial charge on any atom is -0.343 e. The Kier molecular flexibility index (Phi) is 8.24. The molecular weight excluding hydrogens is 443 g/mol. The van der Waals surface area contributed by atoms with E-state index >= 15 is 0 Å².